The van der Waals surface area contributed by atoms with E-state index in [1.807, 2.05) is 35.1 Å². The van der Waals surface area contributed by atoms with Crippen molar-refractivity contribution in [2.24, 2.45) is 5.73 Å². The largest absolute Gasteiger partial charge is 0.497 e. The second kappa shape index (κ2) is 5.89. The van der Waals surface area contributed by atoms with Gasteiger partial charge in [-0.05, 0) is 48.7 Å². The molecular weight excluding hydrogens is 238 g/mol. The summed E-state index contributed by atoms with van der Waals surface area (Å²) < 4.78 is 7.18. The predicted molar refractivity (Wildman–Crippen MR) is 77.0 cm³/mol. The SMILES string of the molecule is COc1ccc(-n2ncc(CCN)c2C(C)C)cc1. The Hall–Kier alpha value is -1.81. The average Bonchev–Trinajstić information content (AvgIpc) is 2.83. The van der Waals surface area contributed by atoms with E-state index in [4.69, 9.17) is 10.5 Å². The summed E-state index contributed by atoms with van der Waals surface area (Å²) in [5.41, 5.74) is 9.17. The molecule has 0 atom stereocenters. The highest BCUT2D eigenvalue weighted by Crippen LogP contribution is 2.24. The molecule has 0 bridgehead atoms. The van der Waals surface area contributed by atoms with Crippen LogP contribution in [-0.4, -0.2) is 23.4 Å². The summed E-state index contributed by atoms with van der Waals surface area (Å²) in [6.45, 7) is 5.00. The molecule has 0 radical (unpaired) electrons. The van der Waals surface area contributed by atoms with Crippen molar-refractivity contribution in [1.29, 1.82) is 0 Å². The van der Waals surface area contributed by atoms with Crippen LogP contribution in [0, 0.1) is 0 Å². The number of methoxy groups -OCH3 is 1. The van der Waals surface area contributed by atoms with Crippen molar-refractivity contribution in [2.75, 3.05) is 13.7 Å². The molecular formula is C15H21N3O. The highest BCUT2D eigenvalue weighted by Gasteiger charge is 2.14. The van der Waals surface area contributed by atoms with Crippen LogP contribution in [0.25, 0.3) is 5.69 Å². The monoisotopic (exact) mass is 259 g/mol. The topological polar surface area (TPSA) is 53.1 Å². The molecule has 0 aliphatic heterocycles. The van der Waals surface area contributed by atoms with Crippen LogP contribution >= 0.6 is 0 Å². The molecule has 0 saturated heterocycles. The lowest BCUT2D eigenvalue weighted by Crippen LogP contribution is -2.08. The maximum absolute atomic E-state index is 5.66. The molecule has 1 aromatic heterocycles. The molecule has 4 nitrogen and oxygen atoms in total. The quantitative estimate of drug-likeness (QED) is 0.897. The summed E-state index contributed by atoms with van der Waals surface area (Å²) in [6.07, 6.45) is 2.79. The number of ether oxygens (including phenoxy) is 1. The van der Waals surface area contributed by atoms with Gasteiger partial charge in [-0.1, -0.05) is 13.8 Å². The van der Waals surface area contributed by atoms with E-state index in [0.29, 0.717) is 12.5 Å². The number of rotatable bonds is 5. The van der Waals surface area contributed by atoms with Crippen molar-refractivity contribution in [3.8, 4) is 11.4 Å². The van der Waals surface area contributed by atoms with Gasteiger partial charge in [0.15, 0.2) is 0 Å². The summed E-state index contributed by atoms with van der Waals surface area (Å²) in [7, 11) is 1.67. The molecule has 0 saturated carbocycles. The number of benzene rings is 1. The minimum atomic E-state index is 0.408. The number of nitrogens with two attached hydrogens (primary N) is 1. The van der Waals surface area contributed by atoms with Gasteiger partial charge in [0.2, 0.25) is 0 Å². The second-order valence-electron chi connectivity index (χ2n) is 4.86. The van der Waals surface area contributed by atoms with E-state index in [0.717, 1.165) is 17.9 Å². The molecule has 0 unspecified atom stereocenters. The van der Waals surface area contributed by atoms with Crippen LogP contribution in [0.15, 0.2) is 30.5 Å². The zero-order valence-corrected chi connectivity index (χ0v) is 11.8. The molecule has 0 aliphatic carbocycles. The van der Waals surface area contributed by atoms with Crippen LogP contribution in [0.1, 0.15) is 31.0 Å². The lowest BCUT2D eigenvalue weighted by Gasteiger charge is -2.13. The van der Waals surface area contributed by atoms with E-state index in [1.165, 1.54) is 11.3 Å². The lowest BCUT2D eigenvalue weighted by molar-refractivity contribution is 0.414. The Balaban J connectivity index is 2.42. The second-order valence-corrected chi connectivity index (χ2v) is 4.86. The van der Waals surface area contributed by atoms with Gasteiger partial charge >= 0.3 is 0 Å². The van der Waals surface area contributed by atoms with Crippen LogP contribution in [0.2, 0.25) is 0 Å². The van der Waals surface area contributed by atoms with E-state index in [1.54, 1.807) is 7.11 Å². The Kier molecular flexibility index (Phi) is 4.22. The van der Waals surface area contributed by atoms with Gasteiger partial charge in [0.05, 0.1) is 24.7 Å². The minimum Gasteiger partial charge on any atom is -0.497 e. The van der Waals surface area contributed by atoms with E-state index in [-0.39, 0.29) is 0 Å². The Labute approximate surface area is 114 Å². The van der Waals surface area contributed by atoms with Crippen LogP contribution in [-0.2, 0) is 6.42 Å². The summed E-state index contributed by atoms with van der Waals surface area (Å²) in [4.78, 5) is 0. The zero-order valence-electron chi connectivity index (χ0n) is 11.8. The van der Waals surface area contributed by atoms with Gasteiger partial charge in [-0.25, -0.2) is 4.68 Å². The van der Waals surface area contributed by atoms with Crippen LogP contribution in [0.3, 0.4) is 0 Å². The maximum Gasteiger partial charge on any atom is 0.119 e. The van der Waals surface area contributed by atoms with Crippen LogP contribution < -0.4 is 10.5 Å². The minimum absolute atomic E-state index is 0.408. The van der Waals surface area contributed by atoms with Gasteiger partial charge in [-0.2, -0.15) is 5.10 Å². The molecule has 1 heterocycles. The fourth-order valence-electron chi connectivity index (χ4n) is 2.28. The molecule has 1 aromatic carbocycles. The number of hydrogen-bond acceptors (Lipinski definition) is 3. The first kappa shape index (κ1) is 13.6. The van der Waals surface area contributed by atoms with Gasteiger partial charge in [0, 0.05) is 0 Å². The fourth-order valence-corrected chi connectivity index (χ4v) is 2.28. The van der Waals surface area contributed by atoms with Gasteiger partial charge < -0.3 is 10.5 Å². The summed E-state index contributed by atoms with van der Waals surface area (Å²) in [5, 5.41) is 4.50. The third-order valence-electron chi connectivity index (χ3n) is 3.16. The normalized spacial score (nSPS) is 11.0. The molecule has 102 valence electrons. The molecule has 2 rings (SSSR count). The fraction of sp³-hybridized carbons (Fsp3) is 0.400. The molecule has 2 N–H and O–H groups in total. The van der Waals surface area contributed by atoms with Gasteiger partial charge in [-0.15, -0.1) is 0 Å². The number of aromatic nitrogens is 2. The summed E-state index contributed by atoms with van der Waals surface area (Å²) in [6, 6.07) is 7.93. The van der Waals surface area contributed by atoms with Gasteiger partial charge in [-0.3, -0.25) is 0 Å². The average molecular weight is 259 g/mol. The predicted octanol–water partition coefficient (Wildman–Crippen LogP) is 2.51. The van der Waals surface area contributed by atoms with E-state index < -0.39 is 0 Å². The molecule has 0 aliphatic rings. The van der Waals surface area contributed by atoms with E-state index in [9.17, 15) is 0 Å². The van der Waals surface area contributed by atoms with Crippen molar-refractivity contribution in [1.82, 2.24) is 9.78 Å². The van der Waals surface area contributed by atoms with Crippen molar-refractivity contribution in [3.05, 3.63) is 41.7 Å². The van der Waals surface area contributed by atoms with Crippen molar-refractivity contribution in [3.63, 3.8) is 0 Å². The van der Waals surface area contributed by atoms with Crippen LogP contribution in [0.4, 0.5) is 0 Å². The first-order valence-corrected chi connectivity index (χ1v) is 6.58. The summed E-state index contributed by atoms with van der Waals surface area (Å²) in [5.74, 6) is 1.26. The molecule has 0 amide bonds. The molecule has 0 spiro atoms. The van der Waals surface area contributed by atoms with E-state index in [2.05, 4.69) is 18.9 Å². The lowest BCUT2D eigenvalue weighted by atomic mass is 10.0. The van der Waals surface area contributed by atoms with Crippen molar-refractivity contribution < 1.29 is 4.74 Å². The first-order chi connectivity index (χ1) is 9.17. The smallest absolute Gasteiger partial charge is 0.119 e. The highest BCUT2D eigenvalue weighted by atomic mass is 16.5. The third kappa shape index (κ3) is 2.79. The Morgan fingerprint density at radius 1 is 1.26 bits per heavy atom. The van der Waals surface area contributed by atoms with Crippen molar-refractivity contribution >= 4 is 0 Å². The van der Waals surface area contributed by atoms with Crippen LogP contribution in [0.5, 0.6) is 5.75 Å². The van der Waals surface area contributed by atoms with Gasteiger partial charge in [0.1, 0.15) is 5.75 Å². The first-order valence-electron chi connectivity index (χ1n) is 6.58. The Morgan fingerprint density at radius 2 is 1.95 bits per heavy atom. The van der Waals surface area contributed by atoms with Crippen molar-refractivity contribution in [2.45, 2.75) is 26.2 Å². The number of hydrogen-bond donors (Lipinski definition) is 1. The zero-order chi connectivity index (χ0) is 13.8. The standard InChI is InChI=1S/C15H21N3O/c1-11(2)15-12(8-9-16)10-17-18(15)13-4-6-14(19-3)7-5-13/h4-7,10-11H,8-9,16H2,1-3H3. The Morgan fingerprint density at radius 3 is 2.47 bits per heavy atom. The maximum atomic E-state index is 5.66. The molecule has 0 fully saturated rings. The molecule has 19 heavy (non-hydrogen) atoms. The highest BCUT2D eigenvalue weighted by molar-refractivity contribution is 5.40. The molecule has 2 aromatic rings. The van der Waals surface area contributed by atoms with E-state index >= 15 is 0 Å². The third-order valence-corrected chi connectivity index (χ3v) is 3.16. The summed E-state index contributed by atoms with van der Waals surface area (Å²) >= 11 is 0. The molecule has 4 heteroatoms. The Bertz CT molecular complexity index is 529. The number of nitrogens with zero attached hydrogens (tertiary/aromatic N) is 2. The van der Waals surface area contributed by atoms with Gasteiger partial charge in [0.25, 0.3) is 0 Å².